The van der Waals surface area contributed by atoms with Crippen molar-refractivity contribution in [3.63, 3.8) is 0 Å². The van der Waals surface area contributed by atoms with Crippen LogP contribution >= 0.6 is 0 Å². The third-order valence-electron chi connectivity index (χ3n) is 5.69. The monoisotopic (exact) mass is 385 g/mol. The van der Waals surface area contributed by atoms with Gasteiger partial charge in [-0.15, -0.1) is 0 Å². The first-order valence-electron chi connectivity index (χ1n) is 10.3. The van der Waals surface area contributed by atoms with Gasteiger partial charge in [-0.25, -0.2) is 0 Å². The number of benzene rings is 5. The van der Waals surface area contributed by atoms with Crippen molar-refractivity contribution in [1.29, 1.82) is 0 Å². The molecule has 0 fully saturated rings. The van der Waals surface area contributed by atoms with E-state index in [0.717, 1.165) is 0 Å². The van der Waals surface area contributed by atoms with Gasteiger partial charge in [-0.3, -0.25) is 0 Å². The van der Waals surface area contributed by atoms with E-state index in [0.29, 0.717) is 0 Å². The van der Waals surface area contributed by atoms with Crippen LogP contribution in [0.15, 0.2) is 121 Å². The third-order valence-corrected chi connectivity index (χ3v) is 5.69. The van der Waals surface area contributed by atoms with Gasteiger partial charge in [0.1, 0.15) is 0 Å². The topological polar surface area (TPSA) is 3.24 Å². The van der Waals surface area contributed by atoms with E-state index in [9.17, 15) is 0 Å². The van der Waals surface area contributed by atoms with Crippen LogP contribution in [0.1, 0.15) is 0 Å². The highest BCUT2D eigenvalue weighted by molar-refractivity contribution is 5.96. The minimum Gasteiger partial charge on any atom is -0.344 e. The van der Waals surface area contributed by atoms with Crippen molar-refractivity contribution in [3.05, 3.63) is 121 Å². The lowest BCUT2D eigenvalue weighted by Gasteiger charge is -2.22. The Morgan fingerprint density at radius 1 is 0.467 bits per heavy atom. The van der Waals surface area contributed by atoms with E-state index in [-0.39, 0.29) is 0 Å². The fraction of sp³-hybridized carbons (Fsp3) is 0.0345. The van der Waals surface area contributed by atoms with Gasteiger partial charge in [-0.05, 0) is 51.9 Å². The zero-order valence-corrected chi connectivity index (χ0v) is 17.0. The number of hydrogen-bond acceptors (Lipinski definition) is 1. The molecule has 1 heteroatoms. The molecule has 0 spiro atoms. The zero-order chi connectivity index (χ0) is 20.3. The SMILES string of the molecule is CN(c1ccc(-c2cccc(-c3ccccc3)c2)cc1)c1cccc2ccccc12. The van der Waals surface area contributed by atoms with Crippen LogP contribution in [0, 0.1) is 0 Å². The molecule has 144 valence electrons. The lowest BCUT2D eigenvalue weighted by Crippen LogP contribution is -2.09. The molecular weight excluding hydrogens is 362 g/mol. The van der Waals surface area contributed by atoms with Crippen LogP contribution in [-0.4, -0.2) is 7.05 Å². The lowest BCUT2D eigenvalue weighted by atomic mass is 9.99. The van der Waals surface area contributed by atoms with Gasteiger partial charge < -0.3 is 4.90 Å². The predicted molar refractivity (Wildman–Crippen MR) is 129 cm³/mol. The van der Waals surface area contributed by atoms with Crippen LogP contribution in [0.25, 0.3) is 33.0 Å². The average Bonchev–Trinajstić information content (AvgIpc) is 2.84. The summed E-state index contributed by atoms with van der Waals surface area (Å²) in [6.45, 7) is 0. The van der Waals surface area contributed by atoms with Gasteiger partial charge in [-0.2, -0.15) is 0 Å². The molecule has 0 aromatic heterocycles. The molecular formula is C29H23N. The maximum absolute atomic E-state index is 2.26. The molecule has 0 aliphatic rings. The summed E-state index contributed by atoms with van der Waals surface area (Å²) < 4.78 is 0. The highest BCUT2D eigenvalue weighted by Gasteiger charge is 2.08. The largest absolute Gasteiger partial charge is 0.344 e. The molecule has 0 saturated carbocycles. The van der Waals surface area contributed by atoms with Gasteiger partial charge in [0, 0.05) is 23.8 Å². The Kier molecular flexibility index (Phi) is 4.78. The van der Waals surface area contributed by atoms with E-state index in [2.05, 4.69) is 133 Å². The Balaban J connectivity index is 1.46. The number of anilines is 2. The molecule has 0 unspecified atom stereocenters. The molecule has 0 amide bonds. The van der Waals surface area contributed by atoms with E-state index >= 15 is 0 Å². The minimum absolute atomic E-state index is 1.18. The molecule has 5 aromatic rings. The van der Waals surface area contributed by atoms with E-state index < -0.39 is 0 Å². The first kappa shape index (κ1) is 18.2. The van der Waals surface area contributed by atoms with Crippen molar-refractivity contribution in [1.82, 2.24) is 0 Å². The molecule has 0 radical (unpaired) electrons. The van der Waals surface area contributed by atoms with Gasteiger partial charge in [0.25, 0.3) is 0 Å². The van der Waals surface area contributed by atoms with Crippen LogP contribution in [0.3, 0.4) is 0 Å². The maximum Gasteiger partial charge on any atom is 0.0487 e. The van der Waals surface area contributed by atoms with Crippen molar-refractivity contribution in [2.45, 2.75) is 0 Å². The second-order valence-electron chi connectivity index (χ2n) is 7.55. The van der Waals surface area contributed by atoms with Crippen molar-refractivity contribution in [3.8, 4) is 22.3 Å². The van der Waals surface area contributed by atoms with Gasteiger partial charge in [-0.1, -0.05) is 97.1 Å². The summed E-state index contributed by atoms with van der Waals surface area (Å²) in [5.41, 5.74) is 7.33. The molecule has 0 heterocycles. The summed E-state index contributed by atoms with van der Waals surface area (Å²) in [6, 6.07) is 43.1. The third kappa shape index (κ3) is 3.46. The summed E-state index contributed by atoms with van der Waals surface area (Å²) in [5, 5.41) is 2.53. The summed E-state index contributed by atoms with van der Waals surface area (Å²) in [6.07, 6.45) is 0. The standard InChI is InChI=1S/C29H23N/c1-30(29-16-8-12-24-11-5-6-15-28(24)29)27-19-17-23(18-20-27)26-14-7-13-25(21-26)22-9-3-2-4-10-22/h2-21H,1H3. The fourth-order valence-electron chi connectivity index (χ4n) is 4.03. The van der Waals surface area contributed by atoms with Gasteiger partial charge >= 0.3 is 0 Å². The summed E-state index contributed by atoms with van der Waals surface area (Å²) >= 11 is 0. The molecule has 30 heavy (non-hydrogen) atoms. The Bertz CT molecular complexity index is 1280. The normalized spacial score (nSPS) is 10.8. The first-order valence-corrected chi connectivity index (χ1v) is 10.3. The zero-order valence-electron chi connectivity index (χ0n) is 17.0. The second-order valence-corrected chi connectivity index (χ2v) is 7.55. The van der Waals surface area contributed by atoms with Crippen LogP contribution in [0.5, 0.6) is 0 Å². The Morgan fingerprint density at radius 2 is 1.03 bits per heavy atom. The summed E-state index contributed by atoms with van der Waals surface area (Å²) in [4.78, 5) is 2.26. The minimum atomic E-state index is 1.18. The average molecular weight is 386 g/mol. The van der Waals surface area contributed by atoms with Crippen LogP contribution in [0.4, 0.5) is 11.4 Å². The number of nitrogens with zero attached hydrogens (tertiary/aromatic N) is 1. The van der Waals surface area contributed by atoms with Crippen molar-refractivity contribution in [2.75, 3.05) is 11.9 Å². The molecule has 5 aromatic carbocycles. The predicted octanol–water partition coefficient (Wildman–Crippen LogP) is 7.94. The molecule has 5 rings (SSSR count). The van der Waals surface area contributed by atoms with Crippen molar-refractivity contribution >= 4 is 22.1 Å². The molecule has 0 atom stereocenters. The van der Waals surface area contributed by atoms with Crippen molar-refractivity contribution < 1.29 is 0 Å². The lowest BCUT2D eigenvalue weighted by molar-refractivity contribution is 1.22. The number of fused-ring (bicyclic) bond motifs is 1. The van der Waals surface area contributed by atoms with Crippen LogP contribution in [-0.2, 0) is 0 Å². The van der Waals surface area contributed by atoms with E-state index in [1.54, 1.807) is 0 Å². The maximum atomic E-state index is 2.26. The Labute approximate surface area is 177 Å². The van der Waals surface area contributed by atoms with Crippen LogP contribution in [0.2, 0.25) is 0 Å². The second kappa shape index (κ2) is 7.88. The number of rotatable bonds is 4. The summed E-state index contributed by atoms with van der Waals surface area (Å²) in [5.74, 6) is 0. The van der Waals surface area contributed by atoms with Crippen molar-refractivity contribution in [2.24, 2.45) is 0 Å². The van der Waals surface area contributed by atoms with Gasteiger partial charge in [0.05, 0.1) is 0 Å². The molecule has 0 saturated heterocycles. The molecule has 0 aliphatic carbocycles. The van der Waals surface area contributed by atoms with Crippen LogP contribution < -0.4 is 4.90 Å². The highest BCUT2D eigenvalue weighted by Crippen LogP contribution is 2.33. The molecule has 0 bridgehead atoms. The quantitative estimate of drug-likeness (QED) is 0.303. The molecule has 0 aliphatic heterocycles. The summed E-state index contributed by atoms with van der Waals surface area (Å²) in [7, 11) is 2.13. The van der Waals surface area contributed by atoms with E-state index in [1.165, 1.54) is 44.4 Å². The fourth-order valence-corrected chi connectivity index (χ4v) is 4.03. The Morgan fingerprint density at radius 3 is 1.80 bits per heavy atom. The van der Waals surface area contributed by atoms with E-state index in [4.69, 9.17) is 0 Å². The number of hydrogen-bond donors (Lipinski definition) is 0. The highest BCUT2D eigenvalue weighted by atomic mass is 15.1. The van der Waals surface area contributed by atoms with E-state index in [1.807, 2.05) is 0 Å². The van der Waals surface area contributed by atoms with Gasteiger partial charge in [0.15, 0.2) is 0 Å². The molecule has 0 N–H and O–H groups in total. The molecule has 1 nitrogen and oxygen atoms in total. The smallest absolute Gasteiger partial charge is 0.0487 e. The Hall–Kier alpha value is -3.84. The first-order chi connectivity index (χ1) is 14.8. The van der Waals surface area contributed by atoms with Gasteiger partial charge in [0.2, 0.25) is 0 Å².